The number of hydrogen-bond donors (Lipinski definition) is 3. The second-order valence-corrected chi connectivity index (χ2v) is 10.3. The van der Waals surface area contributed by atoms with E-state index in [1.165, 1.54) is 17.8 Å². The van der Waals surface area contributed by atoms with Crippen LogP contribution in [0, 0.1) is 11.2 Å². The maximum absolute atomic E-state index is 13.7. The molecule has 6 rings (SSSR count). The number of benzene rings is 1. The number of rotatable bonds is 3. The van der Waals surface area contributed by atoms with Gasteiger partial charge in [0.25, 0.3) is 0 Å². The fourth-order valence-electron chi connectivity index (χ4n) is 5.10. The number of piperidine rings is 1. The number of aromatic nitrogens is 5. The van der Waals surface area contributed by atoms with Crippen LogP contribution in [0.3, 0.4) is 0 Å². The second kappa shape index (κ2) is 8.07. The number of nitrogen functional groups attached to an aromatic ring is 1. The predicted octanol–water partition coefficient (Wildman–Crippen LogP) is 4.12. The van der Waals surface area contributed by atoms with Gasteiger partial charge < -0.3 is 21.4 Å². The van der Waals surface area contributed by atoms with Gasteiger partial charge >= 0.3 is 0 Å². The Labute approximate surface area is 204 Å². The van der Waals surface area contributed by atoms with E-state index in [4.69, 9.17) is 23.1 Å². The first-order valence-electron chi connectivity index (χ1n) is 11.0. The number of nitrogens with zero attached hydrogens (tertiary/aromatic N) is 5. The number of nitrogens with one attached hydrogen (secondary N) is 1. The lowest BCUT2D eigenvalue weighted by Crippen LogP contribution is -2.44. The van der Waals surface area contributed by atoms with Crippen LogP contribution in [0.5, 0.6) is 0 Å². The lowest BCUT2D eigenvalue weighted by atomic mass is 9.73. The van der Waals surface area contributed by atoms with Gasteiger partial charge in [0.1, 0.15) is 16.7 Å². The van der Waals surface area contributed by atoms with E-state index < -0.39 is 0 Å². The summed E-state index contributed by atoms with van der Waals surface area (Å²) in [6.45, 7) is 1.61. The molecular formula is C23H22ClFN8S. The van der Waals surface area contributed by atoms with Crippen molar-refractivity contribution in [2.45, 2.75) is 35.2 Å². The van der Waals surface area contributed by atoms with Crippen molar-refractivity contribution in [3.05, 3.63) is 58.6 Å². The molecule has 2 aliphatic rings. The van der Waals surface area contributed by atoms with E-state index in [1.807, 2.05) is 6.07 Å². The largest absolute Gasteiger partial charge is 0.382 e. The smallest absolute Gasteiger partial charge is 0.206 e. The Kier molecular flexibility index (Phi) is 5.12. The number of hydrogen-bond acceptors (Lipinski definition) is 8. The number of halogens is 2. The highest BCUT2D eigenvalue weighted by Gasteiger charge is 2.46. The Hall–Kier alpha value is -2.95. The molecule has 174 valence electrons. The van der Waals surface area contributed by atoms with Gasteiger partial charge in [-0.15, -0.1) is 0 Å². The minimum absolute atomic E-state index is 0.0371. The molecule has 1 saturated heterocycles. The molecule has 0 saturated carbocycles. The number of imidazole rings is 1. The molecular weight excluding hydrogens is 475 g/mol. The fourth-order valence-corrected chi connectivity index (χ4v) is 6.12. The molecule has 0 radical (unpaired) electrons. The molecule has 1 aliphatic carbocycles. The molecule has 4 aromatic rings. The lowest BCUT2D eigenvalue weighted by Gasteiger charge is -2.42. The Morgan fingerprint density at radius 1 is 1.18 bits per heavy atom. The summed E-state index contributed by atoms with van der Waals surface area (Å²) in [6, 6.07) is 6.70. The normalized spacial score (nSPS) is 19.1. The third kappa shape index (κ3) is 3.57. The van der Waals surface area contributed by atoms with Crippen LogP contribution in [-0.4, -0.2) is 38.0 Å². The van der Waals surface area contributed by atoms with E-state index in [-0.39, 0.29) is 23.1 Å². The summed E-state index contributed by atoms with van der Waals surface area (Å²) in [7, 11) is 0. The third-order valence-electron chi connectivity index (χ3n) is 6.97. The molecule has 1 aromatic carbocycles. The van der Waals surface area contributed by atoms with Crippen molar-refractivity contribution in [2.75, 3.05) is 23.7 Å². The summed E-state index contributed by atoms with van der Waals surface area (Å²) in [5.41, 5.74) is 15.7. The van der Waals surface area contributed by atoms with Crippen molar-refractivity contribution >= 4 is 46.4 Å². The summed E-state index contributed by atoms with van der Waals surface area (Å²) >= 11 is 7.62. The van der Waals surface area contributed by atoms with Crippen LogP contribution < -0.4 is 16.4 Å². The first-order valence-corrected chi connectivity index (χ1v) is 12.2. The van der Waals surface area contributed by atoms with Gasteiger partial charge in [-0.2, -0.15) is 4.98 Å². The highest BCUT2D eigenvalue weighted by atomic mass is 35.5. The predicted molar refractivity (Wildman–Crippen MR) is 130 cm³/mol. The molecule has 1 spiro atoms. The van der Waals surface area contributed by atoms with Crippen molar-refractivity contribution in [3.63, 3.8) is 0 Å². The topological polar surface area (TPSA) is 123 Å². The molecule has 0 unspecified atom stereocenters. The first kappa shape index (κ1) is 21.6. The van der Waals surface area contributed by atoms with E-state index in [2.05, 4.69) is 29.8 Å². The number of aromatic amines is 1. The van der Waals surface area contributed by atoms with Gasteiger partial charge in [-0.1, -0.05) is 29.4 Å². The van der Waals surface area contributed by atoms with E-state index in [1.54, 1.807) is 24.5 Å². The monoisotopic (exact) mass is 496 g/mol. The summed E-state index contributed by atoms with van der Waals surface area (Å²) in [5.74, 6) is 0.825. The van der Waals surface area contributed by atoms with Crippen molar-refractivity contribution in [2.24, 2.45) is 11.1 Å². The number of nitrogens with two attached hydrogens (primary N) is 2. The lowest BCUT2D eigenvalue weighted by molar-refractivity contribution is 0.187. The summed E-state index contributed by atoms with van der Waals surface area (Å²) in [5, 5.41) is 1.08. The molecule has 0 bridgehead atoms. The number of anilines is 2. The Balaban J connectivity index is 1.19. The Morgan fingerprint density at radius 2 is 2.00 bits per heavy atom. The second-order valence-electron chi connectivity index (χ2n) is 8.90. The van der Waals surface area contributed by atoms with E-state index in [0.717, 1.165) is 54.3 Å². The Bertz CT molecular complexity index is 1400. The quantitative estimate of drug-likeness (QED) is 0.387. The van der Waals surface area contributed by atoms with Gasteiger partial charge in [0.05, 0.1) is 11.2 Å². The van der Waals surface area contributed by atoms with Crippen molar-refractivity contribution in [1.82, 2.24) is 24.9 Å². The van der Waals surface area contributed by atoms with Crippen LogP contribution in [0.1, 0.15) is 30.0 Å². The molecule has 8 nitrogen and oxygen atoms in total. The summed E-state index contributed by atoms with van der Waals surface area (Å²) < 4.78 is 13.7. The molecule has 34 heavy (non-hydrogen) atoms. The van der Waals surface area contributed by atoms with Gasteiger partial charge in [0, 0.05) is 30.2 Å². The third-order valence-corrected chi connectivity index (χ3v) is 8.44. The molecule has 1 fully saturated rings. The standard InChI is InChI=1S/C23H22ClFN8S/c24-17-15(3-6-28-19(17)27)34-16-11-29-20-21(30-16)32-22(31-20)33-7-4-23(5-8-33)10-12-9-13(25)1-2-14(12)18(23)26/h1-3,6,9,11,18H,4-5,7-8,10,26H2,(H2,27,28)(H,29,30,31,32)/t18-/m1/s1. The van der Waals surface area contributed by atoms with Gasteiger partial charge in [0.15, 0.2) is 11.3 Å². The first-order chi connectivity index (χ1) is 16.4. The van der Waals surface area contributed by atoms with Gasteiger partial charge in [-0.05, 0) is 54.0 Å². The molecule has 0 amide bonds. The van der Waals surface area contributed by atoms with Gasteiger partial charge in [0.2, 0.25) is 5.95 Å². The van der Waals surface area contributed by atoms with Gasteiger partial charge in [-0.25, -0.2) is 19.3 Å². The van der Waals surface area contributed by atoms with Crippen LogP contribution in [-0.2, 0) is 6.42 Å². The van der Waals surface area contributed by atoms with Crippen molar-refractivity contribution in [1.29, 1.82) is 0 Å². The van der Waals surface area contributed by atoms with E-state index in [9.17, 15) is 4.39 Å². The number of H-pyrrole nitrogens is 1. The van der Waals surface area contributed by atoms with Crippen molar-refractivity contribution < 1.29 is 4.39 Å². The van der Waals surface area contributed by atoms with Crippen LogP contribution in [0.15, 0.2) is 46.6 Å². The number of fused-ring (bicyclic) bond motifs is 2. The molecule has 4 heterocycles. The Morgan fingerprint density at radius 3 is 2.82 bits per heavy atom. The van der Waals surface area contributed by atoms with Crippen LogP contribution in [0.4, 0.5) is 16.2 Å². The minimum Gasteiger partial charge on any atom is -0.382 e. The zero-order valence-electron chi connectivity index (χ0n) is 18.1. The molecule has 1 atom stereocenters. The molecule has 3 aromatic heterocycles. The van der Waals surface area contributed by atoms with Crippen molar-refractivity contribution in [3.8, 4) is 0 Å². The van der Waals surface area contributed by atoms with E-state index in [0.29, 0.717) is 21.3 Å². The molecule has 11 heteroatoms. The zero-order chi connectivity index (χ0) is 23.4. The maximum atomic E-state index is 13.7. The van der Waals surface area contributed by atoms with Crippen LogP contribution >= 0.6 is 23.4 Å². The molecule has 5 N–H and O–H groups in total. The van der Waals surface area contributed by atoms with Crippen LogP contribution in [0.2, 0.25) is 5.02 Å². The zero-order valence-corrected chi connectivity index (χ0v) is 19.7. The maximum Gasteiger partial charge on any atom is 0.206 e. The SMILES string of the molecule is Nc1nccc(Sc2cnc3nc(N4CCC5(CC4)Cc4cc(F)ccc4[C@H]5N)[nH]c3n2)c1Cl. The minimum atomic E-state index is -0.199. The highest BCUT2D eigenvalue weighted by Crippen LogP contribution is 2.51. The average Bonchev–Trinajstić information content (AvgIpc) is 3.36. The average molecular weight is 497 g/mol. The summed E-state index contributed by atoms with van der Waals surface area (Å²) in [6.07, 6.45) is 5.92. The fraction of sp³-hybridized carbons (Fsp3) is 0.304. The van der Waals surface area contributed by atoms with E-state index >= 15 is 0 Å². The van der Waals surface area contributed by atoms with Crippen LogP contribution in [0.25, 0.3) is 11.3 Å². The molecule has 1 aliphatic heterocycles. The highest BCUT2D eigenvalue weighted by molar-refractivity contribution is 7.99. The number of pyridine rings is 1. The van der Waals surface area contributed by atoms with Gasteiger partial charge in [-0.3, -0.25) is 0 Å². The summed E-state index contributed by atoms with van der Waals surface area (Å²) in [4.78, 5) is 24.0.